The molecule has 1 aliphatic rings. The van der Waals surface area contributed by atoms with Crippen LogP contribution in [-0.4, -0.2) is 21.0 Å². The topological polar surface area (TPSA) is 117 Å². The van der Waals surface area contributed by atoms with Crippen LogP contribution in [0.2, 0.25) is 5.02 Å². The Morgan fingerprint density at radius 3 is 2.72 bits per heavy atom. The number of benzene rings is 2. The maximum atomic E-state index is 12.8. The quantitative estimate of drug-likeness (QED) is 0.272. The number of nitro groups is 1. The Hall–Kier alpha value is -3.87. The molecule has 1 fully saturated rings. The minimum atomic E-state index is -0.587. The standard InChI is InChI=1S/C22H12ClN3O5S/c23-17-7-5-13(9-18(17)26(29)30)19-8-6-16(31-19)10-20-21(27)25(22(28)32-20)12-15-4-2-1-3-14(15)11-24/h1-10H,12H2/b20-10+. The van der Waals surface area contributed by atoms with Gasteiger partial charge in [0.05, 0.1) is 28.0 Å². The summed E-state index contributed by atoms with van der Waals surface area (Å²) >= 11 is 6.61. The van der Waals surface area contributed by atoms with E-state index in [9.17, 15) is 25.0 Å². The van der Waals surface area contributed by atoms with E-state index < -0.39 is 16.1 Å². The Bertz CT molecular complexity index is 1340. The van der Waals surface area contributed by atoms with Crippen LogP contribution in [0, 0.1) is 21.4 Å². The molecule has 4 rings (SSSR count). The van der Waals surface area contributed by atoms with Crippen LogP contribution in [-0.2, 0) is 11.3 Å². The monoisotopic (exact) mass is 465 g/mol. The summed E-state index contributed by atoms with van der Waals surface area (Å²) in [5.41, 5.74) is 1.16. The van der Waals surface area contributed by atoms with E-state index in [-0.39, 0.29) is 22.2 Å². The van der Waals surface area contributed by atoms with E-state index >= 15 is 0 Å². The summed E-state index contributed by atoms with van der Waals surface area (Å²) in [6.45, 7) is -0.0103. The first-order chi connectivity index (χ1) is 15.4. The summed E-state index contributed by atoms with van der Waals surface area (Å²) in [5, 5.41) is 19.9. The Balaban J connectivity index is 1.57. The number of nitrogens with zero attached hydrogens (tertiary/aromatic N) is 3. The van der Waals surface area contributed by atoms with Crippen molar-refractivity contribution in [3.05, 3.63) is 91.5 Å². The zero-order valence-corrected chi connectivity index (χ0v) is 17.7. The van der Waals surface area contributed by atoms with Crippen molar-refractivity contribution >= 4 is 46.3 Å². The van der Waals surface area contributed by atoms with E-state index in [0.717, 1.165) is 16.7 Å². The number of nitro benzene ring substituents is 1. The second-order valence-corrected chi connectivity index (χ2v) is 8.06. The first kappa shape index (κ1) is 21.4. The van der Waals surface area contributed by atoms with Gasteiger partial charge < -0.3 is 4.42 Å². The van der Waals surface area contributed by atoms with Gasteiger partial charge in [0.1, 0.15) is 16.5 Å². The predicted octanol–water partition coefficient (Wildman–Crippen LogP) is 5.62. The fourth-order valence-electron chi connectivity index (χ4n) is 3.09. The van der Waals surface area contributed by atoms with E-state index in [2.05, 4.69) is 0 Å². The first-order valence-corrected chi connectivity index (χ1v) is 10.3. The molecule has 0 spiro atoms. The molecule has 0 saturated carbocycles. The molecular weight excluding hydrogens is 454 g/mol. The molecule has 0 aliphatic carbocycles. The molecule has 32 heavy (non-hydrogen) atoms. The highest BCUT2D eigenvalue weighted by Gasteiger charge is 2.35. The fraction of sp³-hybridized carbons (Fsp3) is 0.0455. The molecule has 0 N–H and O–H groups in total. The molecule has 2 amide bonds. The van der Waals surface area contributed by atoms with Crippen molar-refractivity contribution in [1.29, 1.82) is 5.26 Å². The number of nitriles is 1. The molecule has 1 aliphatic heterocycles. The molecule has 0 unspecified atom stereocenters. The Labute approximate surface area is 190 Å². The molecule has 3 aromatic rings. The van der Waals surface area contributed by atoms with Gasteiger partial charge >= 0.3 is 0 Å². The number of thioether (sulfide) groups is 1. The number of carbonyl (C=O) groups excluding carboxylic acids is 2. The molecular formula is C22H12ClN3O5S. The molecule has 0 bridgehead atoms. The second kappa shape index (κ2) is 8.70. The van der Waals surface area contributed by atoms with Crippen molar-refractivity contribution in [2.24, 2.45) is 0 Å². The van der Waals surface area contributed by atoms with Crippen molar-refractivity contribution in [2.45, 2.75) is 6.54 Å². The molecule has 0 atom stereocenters. The third-order valence-electron chi connectivity index (χ3n) is 4.67. The number of amides is 2. The number of hydrogen-bond acceptors (Lipinski definition) is 7. The van der Waals surface area contributed by atoms with Gasteiger partial charge in [0, 0.05) is 17.7 Å². The number of halogens is 1. The van der Waals surface area contributed by atoms with E-state index in [4.69, 9.17) is 16.0 Å². The molecule has 1 aromatic heterocycles. The van der Waals surface area contributed by atoms with Crippen LogP contribution in [0.4, 0.5) is 10.5 Å². The molecule has 2 heterocycles. The zero-order chi connectivity index (χ0) is 22.8. The number of furan rings is 1. The molecule has 158 valence electrons. The van der Waals surface area contributed by atoms with Gasteiger partial charge in [-0.05, 0) is 47.7 Å². The minimum absolute atomic E-state index is 0.0103. The number of carbonyl (C=O) groups is 2. The van der Waals surface area contributed by atoms with Gasteiger partial charge in [-0.2, -0.15) is 5.26 Å². The summed E-state index contributed by atoms with van der Waals surface area (Å²) in [7, 11) is 0. The van der Waals surface area contributed by atoms with Gasteiger partial charge in [0.2, 0.25) is 0 Å². The summed E-state index contributed by atoms with van der Waals surface area (Å²) in [4.78, 5) is 36.9. The van der Waals surface area contributed by atoms with Crippen molar-refractivity contribution in [3.63, 3.8) is 0 Å². The lowest BCUT2D eigenvalue weighted by Gasteiger charge is -2.13. The van der Waals surface area contributed by atoms with Crippen LogP contribution >= 0.6 is 23.4 Å². The van der Waals surface area contributed by atoms with Crippen molar-refractivity contribution in [1.82, 2.24) is 4.90 Å². The van der Waals surface area contributed by atoms with E-state index in [1.165, 1.54) is 18.2 Å². The highest BCUT2D eigenvalue weighted by atomic mass is 35.5. The van der Waals surface area contributed by atoms with E-state index in [0.29, 0.717) is 28.2 Å². The minimum Gasteiger partial charge on any atom is -0.457 e. The summed E-state index contributed by atoms with van der Waals surface area (Å²) in [6.07, 6.45) is 1.44. The second-order valence-electron chi connectivity index (χ2n) is 6.66. The van der Waals surface area contributed by atoms with Gasteiger partial charge in [0.25, 0.3) is 16.8 Å². The van der Waals surface area contributed by atoms with Gasteiger partial charge in [-0.15, -0.1) is 0 Å². The van der Waals surface area contributed by atoms with Crippen molar-refractivity contribution < 1.29 is 18.9 Å². The van der Waals surface area contributed by atoms with Crippen LogP contribution in [0.5, 0.6) is 0 Å². The Morgan fingerprint density at radius 1 is 1.19 bits per heavy atom. The highest BCUT2D eigenvalue weighted by molar-refractivity contribution is 8.18. The average molecular weight is 466 g/mol. The van der Waals surface area contributed by atoms with Crippen LogP contribution in [0.1, 0.15) is 16.9 Å². The molecule has 2 aromatic carbocycles. The van der Waals surface area contributed by atoms with E-state index in [1.54, 1.807) is 42.5 Å². The lowest BCUT2D eigenvalue weighted by Crippen LogP contribution is -2.27. The largest absolute Gasteiger partial charge is 0.457 e. The van der Waals surface area contributed by atoms with Gasteiger partial charge in [-0.1, -0.05) is 29.8 Å². The molecule has 10 heteroatoms. The zero-order valence-electron chi connectivity index (χ0n) is 16.1. The van der Waals surface area contributed by atoms with Gasteiger partial charge in [0.15, 0.2) is 0 Å². The van der Waals surface area contributed by atoms with Crippen LogP contribution in [0.3, 0.4) is 0 Å². The van der Waals surface area contributed by atoms with E-state index in [1.807, 2.05) is 6.07 Å². The lowest BCUT2D eigenvalue weighted by molar-refractivity contribution is -0.384. The number of imide groups is 1. The fourth-order valence-corrected chi connectivity index (χ4v) is 4.10. The summed E-state index contributed by atoms with van der Waals surface area (Å²) < 4.78 is 5.70. The van der Waals surface area contributed by atoms with Gasteiger partial charge in [-0.25, -0.2) is 0 Å². The Morgan fingerprint density at radius 2 is 1.97 bits per heavy atom. The van der Waals surface area contributed by atoms with Crippen LogP contribution in [0.25, 0.3) is 17.4 Å². The van der Waals surface area contributed by atoms with Crippen molar-refractivity contribution in [2.75, 3.05) is 0 Å². The third kappa shape index (κ3) is 4.14. The molecule has 0 radical (unpaired) electrons. The average Bonchev–Trinajstić information content (AvgIpc) is 3.34. The summed E-state index contributed by atoms with van der Waals surface area (Å²) in [5.74, 6) is 0.159. The smallest absolute Gasteiger partial charge is 0.293 e. The van der Waals surface area contributed by atoms with Crippen molar-refractivity contribution in [3.8, 4) is 17.4 Å². The normalized spacial score (nSPS) is 14.8. The van der Waals surface area contributed by atoms with Crippen LogP contribution in [0.15, 0.2) is 63.9 Å². The third-order valence-corrected chi connectivity index (χ3v) is 5.89. The highest BCUT2D eigenvalue weighted by Crippen LogP contribution is 2.35. The van der Waals surface area contributed by atoms with Gasteiger partial charge in [-0.3, -0.25) is 24.6 Å². The SMILES string of the molecule is N#Cc1ccccc1CN1C(=O)S/C(=C/c2ccc(-c3ccc(Cl)c([N+](=O)[O-])c3)o2)C1=O. The maximum Gasteiger partial charge on any atom is 0.293 e. The Kier molecular flexibility index (Phi) is 5.81. The van der Waals surface area contributed by atoms with Crippen LogP contribution < -0.4 is 0 Å². The molecule has 8 nitrogen and oxygen atoms in total. The maximum absolute atomic E-state index is 12.8. The predicted molar refractivity (Wildman–Crippen MR) is 118 cm³/mol. The molecule has 1 saturated heterocycles. The number of rotatable bonds is 5. The summed E-state index contributed by atoms with van der Waals surface area (Å²) in [6, 6.07) is 16.3. The number of hydrogen-bond donors (Lipinski definition) is 0. The first-order valence-electron chi connectivity index (χ1n) is 9.15. The lowest BCUT2D eigenvalue weighted by atomic mass is 10.1.